The number of halogens is 5. The summed E-state index contributed by atoms with van der Waals surface area (Å²) >= 11 is 0. The van der Waals surface area contributed by atoms with Crippen LogP contribution in [-0.4, -0.2) is 67.6 Å². The molecule has 2 aromatic carbocycles. The average molecular weight is 630 g/mol. The quantitative estimate of drug-likeness (QED) is 0.266. The SMILES string of the molecule is CCC(CC)CN1CCC2(c3ccc(OC)c(OC)c3)CCC(NC(=O)Nc3ccc(F)c(F)c3)CC12.O=C(O)C(F)(F)F. The van der Waals surface area contributed by atoms with Crippen LogP contribution >= 0.6 is 0 Å². The Labute approximate surface area is 253 Å². The van der Waals surface area contributed by atoms with E-state index in [-0.39, 0.29) is 23.2 Å². The molecular formula is C31H40F5N3O5. The molecule has 8 nitrogen and oxygen atoms in total. The van der Waals surface area contributed by atoms with Crippen LogP contribution in [0.25, 0.3) is 0 Å². The summed E-state index contributed by atoms with van der Waals surface area (Å²) in [6.45, 7) is 6.56. The highest BCUT2D eigenvalue weighted by Gasteiger charge is 2.52. The van der Waals surface area contributed by atoms with Gasteiger partial charge in [0.15, 0.2) is 23.1 Å². The number of likely N-dealkylation sites (tertiary alicyclic amines) is 1. The van der Waals surface area contributed by atoms with Crippen molar-refractivity contribution in [2.24, 2.45) is 5.92 Å². The van der Waals surface area contributed by atoms with Gasteiger partial charge in [0.2, 0.25) is 0 Å². The molecule has 244 valence electrons. The predicted molar refractivity (Wildman–Crippen MR) is 155 cm³/mol. The topological polar surface area (TPSA) is 100 Å². The number of urea groups is 1. The number of amides is 2. The maximum Gasteiger partial charge on any atom is 0.490 e. The Morgan fingerprint density at radius 3 is 2.25 bits per heavy atom. The van der Waals surface area contributed by atoms with Gasteiger partial charge in [-0.15, -0.1) is 0 Å². The lowest BCUT2D eigenvalue weighted by Gasteiger charge is -2.46. The first-order chi connectivity index (χ1) is 20.8. The summed E-state index contributed by atoms with van der Waals surface area (Å²) in [5.41, 5.74) is 1.45. The zero-order chi connectivity index (χ0) is 32.7. The molecule has 4 rings (SSSR count). The van der Waals surface area contributed by atoms with Gasteiger partial charge in [-0.25, -0.2) is 18.4 Å². The second-order valence-corrected chi connectivity index (χ2v) is 11.2. The summed E-state index contributed by atoms with van der Waals surface area (Å²) in [6.07, 6.45) is 0.834. The second kappa shape index (κ2) is 14.9. The van der Waals surface area contributed by atoms with Crippen molar-refractivity contribution in [3.8, 4) is 11.5 Å². The molecule has 1 aliphatic carbocycles. The number of fused-ring (bicyclic) bond motifs is 1. The number of nitrogens with zero attached hydrogens (tertiary/aromatic N) is 1. The van der Waals surface area contributed by atoms with E-state index in [1.807, 2.05) is 6.07 Å². The number of methoxy groups -OCH3 is 2. The molecule has 2 amide bonds. The van der Waals surface area contributed by atoms with E-state index >= 15 is 0 Å². The Morgan fingerprint density at radius 1 is 1.02 bits per heavy atom. The summed E-state index contributed by atoms with van der Waals surface area (Å²) in [4.78, 5) is 24.3. The van der Waals surface area contributed by atoms with Gasteiger partial charge in [-0.1, -0.05) is 32.8 Å². The summed E-state index contributed by atoms with van der Waals surface area (Å²) in [5, 5.41) is 12.9. The van der Waals surface area contributed by atoms with Gasteiger partial charge in [-0.2, -0.15) is 13.2 Å². The third-order valence-electron chi connectivity index (χ3n) is 8.73. The smallest absolute Gasteiger partial charge is 0.490 e. The third kappa shape index (κ3) is 8.30. The molecule has 0 bridgehead atoms. The van der Waals surface area contributed by atoms with E-state index in [2.05, 4.69) is 41.5 Å². The molecule has 1 saturated heterocycles. The van der Waals surface area contributed by atoms with E-state index in [0.29, 0.717) is 5.92 Å². The zero-order valence-corrected chi connectivity index (χ0v) is 25.3. The Bertz CT molecular complexity index is 1290. The number of carbonyl (C=O) groups excluding carboxylic acids is 1. The molecule has 0 aromatic heterocycles. The lowest BCUT2D eigenvalue weighted by Crippen LogP contribution is -2.53. The van der Waals surface area contributed by atoms with Crippen LogP contribution in [0.4, 0.5) is 32.4 Å². The minimum absolute atomic E-state index is 0.0223. The summed E-state index contributed by atoms with van der Waals surface area (Å²) < 4.78 is 69.7. The molecule has 3 N–H and O–H groups in total. The highest BCUT2D eigenvalue weighted by Crippen LogP contribution is 2.50. The van der Waals surface area contributed by atoms with Gasteiger partial charge in [0.25, 0.3) is 0 Å². The average Bonchev–Trinajstić information content (AvgIpc) is 3.35. The van der Waals surface area contributed by atoms with E-state index in [4.69, 9.17) is 19.4 Å². The number of carboxylic acid groups (broad SMARTS) is 1. The number of benzene rings is 2. The number of carbonyl (C=O) groups is 2. The van der Waals surface area contributed by atoms with Crippen molar-refractivity contribution in [2.75, 3.05) is 32.6 Å². The summed E-state index contributed by atoms with van der Waals surface area (Å²) in [5.74, 6) is -2.60. The van der Waals surface area contributed by atoms with Crippen molar-refractivity contribution in [3.05, 3.63) is 53.6 Å². The van der Waals surface area contributed by atoms with Crippen LogP contribution in [-0.2, 0) is 10.2 Å². The minimum atomic E-state index is -5.08. The Kier molecular flexibility index (Phi) is 11.8. The number of hydrogen-bond acceptors (Lipinski definition) is 5. The van der Waals surface area contributed by atoms with Crippen LogP contribution < -0.4 is 20.1 Å². The highest BCUT2D eigenvalue weighted by molar-refractivity contribution is 5.89. The maximum atomic E-state index is 13.6. The number of aliphatic carboxylic acids is 1. The van der Waals surface area contributed by atoms with E-state index in [9.17, 15) is 26.7 Å². The lowest BCUT2D eigenvalue weighted by molar-refractivity contribution is -0.192. The molecule has 2 aliphatic rings. The lowest BCUT2D eigenvalue weighted by atomic mass is 9.65. The molecule has 2 aromatic rings. The molecule has 44 heavy (non-hydrogen) atoms. The largest absolute Gasteiger partial charge is 0.493 e. The van der Waals surface area contributed by atoms with Crippen LogP contribution in [0, 0.1) is 17.6 Å². The molecule has 0 spiro atoms. The van der Waals surface area contributed by atoms with Gasteiger partial charge in [0, 0.05) is 35.8 Å². The van der Waals surface area contributed by atoms with Crippen LogP contribution in [0.1, 0.15) is 57.9 Å². The number of ether oxygens (including phenoxy) is 2. The van der Waals surface area contributed by atoms with Crippen LogP contribution in [0.5, 0.6) is 11.5 Å². The predicted octanol–water partition coefficient (Wildman–Crippen LogP) is 6.74. The first-order valence-corrected chi connectivity index (χ1v) is 14.6. The number of rotatable bonds is 9. The number of alkyl halides is 3. The van der Waals surface area contributed by atoms with Crippen molar-refractivity contribution in [1.82, 2.24) is 10.2 Å². The number of hydrogen-bond donors (Lipinski definition) is 3. The fraction of sp³-hybridized carbons (Fsp3) is 0.548. The molecule has 13 heteroatoms. The Morgan fingerprint density at radius 2 is 1.68 bits per heavy atom. The maximum absolute atomic E-state index is 13.6. The van der Waals surface area contributed by atoms with Crippen molar-refractivity contribution >= 4 is 17.7 Å². The van der Waals surface area contributed by atoms with Gasteiger partial charge >= 0.3 is 18.2 Å². The molecule has 3 unspecified atom stereocenters. The molecule has 0 radical (unpaired) electrons. The van der Waals surface area contributed by atoms with Crippen molar-refractivity contribution in [2.45, 2.75) is 76.0 Å². The second-order valence-electron chi connectivity index (χ2n) is 11.2. The fourth-order valence-electron chi connectivity index (χ4n) is 6.28. The zero-order valence-electron chi connectivity index (χ0n) is 25.3. The summed E-state index contributed by atoms with van der Waals surface area (Å²) in [6, 6.07) is 9.48. The van der Waals surface area contributed by atoms with Crippen LogP contribution in [0.3, 0.4) is 0 Å². The monoisotopic (exact) mass is 629 g/mol. The number of anilines is 1. The Hall–Kier alpha value is -3.61. The molecule has 1 saturated carbocycles. The van der Waals surface area contributed by atoms with Gasteiger partial charge in [0.1, 0.15) is 0 Å². The van der Waals surface area contributed by atoms with Crippen molar-refractivity contribution in [1.29, 1.82) is 0 Å². The Balaban J connectivity index is 0.000000676. The van der Waals surface area contributed by atoms with Crippen LogP contribution in [0.2, 0.25) is 0 Å². The first kappa shape index (κ1) is 34.9. The van der Waals surface area contributed by atoms with Crippen molar-refractivity contribution in [3.63, 3.8) is 0 Å². The highest BCUT2D eigenvalue weighted by atomic mass is 19.4. The molecule has 3 atom stereocenters. The minimum Gasteiger partial charge on any atom is -0.493 e. The van der Waals surface area contributed by atoms with Crippen molar-refractivity contribution < 1.29 is 46.1 Å². The van der Waals surface area contributed by atoms with E-state index in [1.54, 1.807) is 14.2 Å². The first-order valence-electron chi connectivity index (χ1n) is 14.6. The summed E-state index contributed by atoms with van der Waals surface area (Å²) in [7, 11) is 3.31. The van der Waals surface area contributed by atoms with Gasteiger partial charge < -0.3 is 25.2 Å². The van der Waals surface area contributed by atoms with Gasteiger partial charge in [-0.05, 0) is 68.0 Å². The number of nitrogens with one attached hydrogen (secondary N) is 2. The number of carboxylic acids is 1. The fourth-order valence-corrected chi connectivity index (χ4v) is 6.28. The normalized spacial score (nSPS) is 21.6. The van der Waals surface area contributed by atoms with E-state index in [1.165, 1.54) is 11.6 Å². The standard InChI is InChI=1S/C29H39F2N3O3.C2HF3O2/c1-5-19(6-2)18-34-14-13-29(20-7-10-25(36-3)26(15-20)37-4)12-11-22(17-27(29)34)33-28(35)32-21-8-9-23(30)24(31)16-21;3-2(4,5)1(6)7/h7-10,15-16,19,22,27H,5-6,11-14,17-18H2,1-4H3,(H2,32,33,35);(H,6,7). The van der Waals surface area contributed by atoms with E-state index in [0.717, 1.165) is 75.2 Å². The molecular weight excluding hydrogens is 589 g/mol. The molecule has 2 fully saturated rings. The van der Waals surface area contributed by atoms with Gasteiger partial charge in [0.05, 0.1) is 14.2 Å². The molecule has 1 heterocycles. The van der Waals surface area contributed by atoms with Gasteiger partial charge in [-0.3, -0.25) is 4.90 Å². The van der Waals surface area contributed by atoms with Crippen LogP contribution in [0.15, 0.2) is 36.4 Å². The molecule has 1 aliphatic heterocycles. The third-order valence-corrected chi connectivity index (χ3v) is 8.73. The van der Waals surface area contributed by atoms with E-state index < -0.39 is 29.8 Å².